The van der Waals surface area contributed by atoms with Crippen LogP contribution in [-0.2, 0) is 4.79 Å². The van der Waals surface area contributed by atoms with Crippen molar-refractivity contribution in [2.75, 3.05) is 26.1 Å². The number of pyridine rings is 1. The molecule has 12 heteroatoms. The van der Waals surface area contributed by atoms with Gasteiger partial charge in [-0.15, -0.1) is 0 Å². The zero-order valence-corrected chi connectivity index (χ0v) is 23.0. The van der Waals surface area contributed by atoms with Gasteiger partial charge in [0.25, 0.3) is 0 Å². The lowest BCUT2D eigenvalue weighted by Crippen LogP contribution is -2.21. The average Bonchev–Trinajstić information content (AvgIpc) is 3.26. The summed E-state index contributed by atoms with van der Waals surface area (Å²) in [7, 11) is 3.36. The maximum absolute atomic E-state index is 10.6. The largest absolute Gasteiger partial charge is 0.497 e. The SMILES string of the molecule is CCCCNc1c(-c2ccc(OC)c(Sc3ccc(OC)cc3)c2)nc2ccc(Cl)cn12.O=C(O)C(F)(F)F. The Bertz CT molecular complexity index is 1410. The lowest BCUT2D eigenvalue weighted by Gasteiger charge is -2.12. The Kier molecular flexibility index (Phi) is 10.4. The summed E-state index contributed by atoms with van der Waals surface area (Å²) >= 11 is 7.93. The van der Waals surface area contributed by atoms with Crippen LogP contribution in [0.3, 0.4) is 0 Å². The number of hydrogen-bond acceptors (Lipinski definition) is 6. The second-order valence-electron chi connectivity index (χ2n) is 8.11. The van der Waals surface area contributed by atoms with E-state index < -0.39 is 12.1 Å². The highest BCUT2D eigenvalue weighted by Crippen LogP contribution is 2.40. The summed E-state index contributed by atoms with van der Waals surface area (Å²) in [5.41, 5.74) is 2.76. The normalized spacial score (nSPS) is 11.1. The van der Waals surface area contributed by atoms with E-state index in [0.29, 0.717) is 5.02 Å². The molecule has 2 heterocycles. The number of aliphatic carboxylic acids is 1. The molecule has 2 aromatic carbocycles. The fourth-order valence-electron chi connectivity index (χ4n) is 3.45. The number of methoxy groups -OCH3 is 2. The lowest BCUT2D eigenvalue weighted by molar-refractivity contribution is -0.192. The highest BCUT2D eigenvalue weighted by molar-refractivity contribution is 7.99. The quantitative estimate of drug-likeness (QED) is 0.196. The fourth-order valence-corrected chi connectivity index (χ4v) is 4.57. The number of fused-ring (bicyclic) bond motifs is 1. The van der Waals surface area contributed by atoms with Gasteiger partial charge in [-0.3, -0.25) is 4.40 Å². The molecule has 0 aliphatic carbocycles. The van der Waals surface area contributed by atoms with Crippen LogP contribution in [-0.4, -0.2) is 47.4 Å². The van der Waals surface area contributed by atoms with Crippen molar-refractivity contribution in [3.05, 3.63) is 65.8 Å². The van der Waals surface area contributed by atoms with Crippen LogP contribution in [0.4, 0.5) is 19.0 Å². The van der Waals surface area contributed by atoms with Crippen molar-refractivity contribution < 1.29 is 32.5 Å². The van der Waals surface area contributed by atoms with Gasteiger partial charge in [-0.2, -0.15) is 13.2 Å². The lowest BCUT2D eigenvalue weighted by atomic mass is 10.1. The van der Waals surface area contributed by atoms with Gasteiger partial charge >= 0.3 is 12.1 Å². The number of carboxylic acid groups (broad SMARTS) is 1. The molecule has 2 N–H and O–H groups in total. The van der Waals surface area contributed by atoms with Gasteiger partial charge in [0, 0.05) is 23.2 Å². The van der Waals surface area contributed by atoms with Crippen LogP contribution in [0.1, 0.15) is 19.8 Å². The number of nitrogens with zero attached hydrogens (tertiary/aromatic N) is 2. The molecule has 0 saturated heterocycles. The van der Waals surface area contributed by atoms with Gasteiger partial charge in [-0.25, -0.2) is 9.78 Å². The molecule has 0 aliphatic heterocycles. The van der Waals surface area contributed by atoms with Gasteiger partial charge < -0.3 is 19.9 Å². The smallest absolute Gasteiger partial charge is 0.490 e. The average molecular weight is 582 g/mol. The number of unbranched alkanes of at least 4 members (excludes halogenated alkanes) is 1. The number of benzene rings is 2. The van der Waals surface area contributed by atoms with Gasteiger partial charge in [0.2, 0.25) is 0 Å². The van der Waals surface area contributed by atoms with Crippen molar-refractivity contribution in [2.24, 2.45) is 0 Å². The summed E-state index contributed by atoms with van der Waals surface area (Å²) in [4.78, 5) is 15.9. The molecular formula is C27H27ClF3N3O4S. The minimum Gasteiger partial charge on any atom is -0.497 e. The number of ether oxygens (including phenoxy) is 2. The van der Waals surface area contributed by atoms with Gasteiger partial charge in [-0.1, -0.05) is 36.7 Å². The van der Waals surface area contributed by atoms with Crippen LogP contribution in [0.5, 0.6) is 11.5 Å². The Morgan fingerprint density at radius 1 is 1.10 bits per heavy atom. The van der Waals surface area contributed by atoms with E-state index in [0.717, 1.165) is 63.4 Å². The van der Waals surface area contributed by atoms with Crippen molar-refractivity contribution in [2.45, 2.75) is 35.7 Å². The van der Waals surface area contributed by atoms with Crippen molar-refractivity contribution in [1.29, 1.82) is 0 Å². The highest BCUT2D eigenvalue weighted by Gasteiger charge is 2.38. The number of hydrogen-bond donors (Lipinski definition) is 2. The number of imidazole rings is 1. The standard InChI is InChI=1S/C25H26ClN3O2S.C2HF3O2/c1-4-5-14-27-25-24(28-23-13-7-18(26)16-29(23)25)17-6-12-21(31-3)22(15-17)32-20-10-8-19(30-2)9-11-20;3-2(4,5)1(6)7/h6-13,15-16,27H,4-5,14H2,1-3H3;(H,6,7). The molecule has 0 fully saturated rings. The second-order valence-corrected chi connectivity index (χ2v) is 9.66. The summed E-state index contributed by atoms with van der Waals surface area (Å²) in [6.45, 7) is 3.05. The number of aromatic nitrogens is 2. The summed E-state index contributed by atoms with van der Waals surface area (Å²) in [5, 5.41) is 11.4. The van der Waals surface area contributed by atoms with E-state index in [1.54, 1.807) is 26.0 Å². The maximum atomic E-state index is 10.6. The summed E-state index contributed by atoms with van der Waals surface area (Å²) < 4.78 is 44.7. The third kappa shape index (κ3) is 7.96. The number of halogens is 4. The molecule has 2 aromatic heterocycles. The molecule has 0 radical (unpaired) electrons. The van der Waals surface area contributed by atoms with Gasteiger partial charge in [0.05, 0.1) is 24.1 Å². The first-order chi connectivity index (χ1) is 18.6. The minimum absolute atomic E-state index is 0.672. The number of anilines is 1. The van der Waals surface area contributed by atoms with E-state index >= 15 is 0 Å². The van der Waals surface area contributed by atoms with E-state index in [-0.39, 0.29) is 0 Å². The third-order valence-electron chi connectivity index (χ3n) is 5.37. The number of alkyl halides is 3. The first-order valence-corrected chi connectivity index (χ1v) is 13.0. The summed E-state index contributed by atoms with van der Waals surface area (Å²) in [5.74, 6) is -0.155. The molecule has 0 unspecified atom stereocenters. The molecule has 7 nitrogen and oxygen atoms in total. The molecule has 208 valence electrons. The van der Waals surface area contributed by atoms with Crippen LogP contribution in [0.2, 0.25) is 5.02 Å². The first kappa shape index (κ1) is 30.0. The fraction of sp³-hybridized carbons (Fsp3) is 0.259. The molecule has 0 atom stereocenters. The molecule has 0 spiro atoms. The summed E-state index contributed by atoms with van der Waals surface area (Å²) in [6.07, 6.45) is -0.988. The van der Waals surface area contributed by atoms with Crippen molar-refractivity contribution in [3.63, 3.8) is 0 Å². The molecular weight excluding hydrogens is 555 g/mol. The van der Waals surface area contributed by atoms with Crippen molar-refractivity contribution in [3.8, 4) is 22.8 Å². The predicted octanol–water partition coefficient (Wildman–Crippen LogP) is 7.67. The topological polar surface area (TPSA) is 85.1 Å². The van der Waals surface area contributed by atoms with Crippen LogP contribution in [0.15, 0.2) is 70.6 Å². The number of carbonyl (C=O) groups is 1. The van der Waals surface area contributed by atoms with E-state index in [9.17, 15) is 13.2 Å². The Hall–Kier alpha value is -3.57. The maximum Gasteiger partial charge on any atom is 0.490 e. The van der Waals surface area contributed by atoms with Crippen molar-refractivity contribution >= 4 is 40.8 Å². The molecule has 0 saturated carbocycles. The molecule has 4 rings (SSSR count). The minimum atomic E-state index is -5.08. The van der Waals surface area contributed by atoms with Crippen LogP contribution >= 0.6 is 23.4 Å². The monoisotopic (exact) mass is 581 g/mol. The molecule has 4 aromatic rings. The number of carboxylic acids is 1. The Labute approximate surface area is 232 Å². The summed E-state index contributed by atoms with van der Waals surface area (Å²) in [6, 6.07) is 18.0. The third-order valence-corrected chi connectivity index (χ3v) is 6.64. The Morgan fingerprint density at radius 3 is 2.38 bits per heavy atom. The van der Waals surface area contributed by atoms with E-state index in [1.165, 1.54) is 0 Å². The number of nitrogens with one attached hydrogen (secondary N) is 1. The second kappa shape index (κ2) is 13.5. The van der Waals surface area contributed by atoms with Gasteiger partial charge in [0.15, 0.2) is 0 Å². The molecule has 39 heavy (non-hydrogen) atoms. The van der Waals surface area contributed by atoms with E-state index in [1.807, 2.05) is 59.1 Å². The van der Waals surface area contributed by atoms with Gasteiger partial charge in [-0.05, 0) is 61.0 Å². The Balaban J connectivity index is 0.000000532. The molecule has 0 bridgehead atoms. The van der Waals surface area contributed by atoms with Crippen molar-refractivity contribution in [1.82, 2.24) is 9.38 Å². The van der Waals surface area contributed by atoms with Crippen LogP contribution in [0.25, 0.3) is 16.9 Å². The molecule has 0 aliphatic rings. The first-order valence-electron chi connectivity index (χ1n) is 11.8. The highest BCUT2D eigenvalue weighted by atomic mass is 35.5. The van der Waals surface area contributed by atoms with E-state index in [2.05, 4.69) is 18.3 Å². The Morgan fingerprint density at radius 2 is 1.79 bits per heavy atom. The zero-order chi connectivity index (χ0) is 28.6. The zero-order valence-electron chi connectivity index (χ0n) is 21.4. The molecule has 0 amide bonds. The van der Waals surface area contributed by atoms with Crippen LogP contribution < -0.4 is 14.8 Å². The van der Waals surface area contributed by atoms with Crippen LogP contribution in [0, 0.1) is 0 Å². The van der Waals surface area contributed by atoms with Gasteiger partial charge in [0.1, 0.15) is 28.7 Å². The number of rotatable bonds is 9. The predicted molar refractivity (Wildman–Crippen MR) is 146 cm³/mol. The van der Waals surface area contributed by atoms with E-state index in [4.69, 9.17) is 36.0 Å².